The first-order valence-corrected chi connectivity index (χ1v) is 11.7. The minimum absolute atomic E-state index is 0.280. The summed E-state index contributed by atoms with van der Waals surface area (Å²) in [5, 5.41) is 6.97. The highest BCUT2D eigenvalue weighted by atomic mass is 16.5. The number of fused-ring (bicyclic) bond motifs is 1. The predicted molar refractivity (Wildman–Crippen MR) is 134 cm³/mol. The summed E-state index contributed by atoms with van der Waals surface area (Å²) in [7, 11) is 1.71. The summed E-state index contributed by atoms with van der Waals surface area (Å²) in [5.41, 5.74) is 6.90. The smallest absolute Gasteiger partial charge is 0.118 e. The van der Waals surface area contributed by atoms with Crippen molar-refractivity contribution in [2.24, 2.45) is 0 Å². The quantitative estimate of drug-likeness (QED) is 0.367. The van der Waals surface area contributed by atoms with Gasteiger partial charge in [-0.2, -0.15) is 5.10 Å². The Morgan fingerprint density at radius 3 is 2.53 bits per heavy atom. The SMILES string of the molecule is COc1ccc([C@H]2CN(Cc3ccccc3)CC2c2nc3cc(-c4cn[nH]c4)ccc3[nH]2)cc1. The maximum Gasteiger partial charge on any atom is 0.118 e. The molecule has 6 rings (SSSR count). The average Bonchev–Trinajstić information content (AvgIpc) is 3.64. The number of aromatic nitrogens is 4. The number of hydrogen-bond donors (Lipinski definition) is 2. The summed E-state index contributed by atoms with van der Waals surface area (Å²) in [6, 6.07) is 25.6. The molecule has 3 aromatic carbocycles. The van der Waals surface area contributed by atoms with Crippen LogP contribution >= 0.6 is 0 Å². The Balaban J connectivity index is 1.34. The molecule has 6 nitrogen and oxygen atoms in total. The molecule has 2 aromatic heterocycles. The second-order valence-electron chi connectivity index (χ2n) is 9.01. The van der Waals surface area contributed by atoms with E-state index in [1.807, 2.05) is 12.4 Å². The average molecular weight is 450 g/mol. The van der Waals surface area contributed by atoms with Gasteiger partial charge in [0, 0.05) is 43.2 Å². The minimum Gasteiger partial charge on any atom is -0.497 e. The molecular formula is C28H27N5O. The maximum atomic E-state index is 5.39. The van der Waals surface area contributed by atoms with E-state index < -0.39 is 0 Å². The fraction of sp³-hybridized carbons (Fsp3) is 0.214. The number of H-pyrrole nitrogens is 2. The summed E-state index contributed by atoms with van der Waals surface area (Å²) in [4.78, 5) is 11.3. The van der Waals surface area contributed by atoms with Gasteiger partial charge in [-0.15, -0.1) is 0 Å². The van der Waals surface area contributed by atoms with Gasteiger partial charge in [-0.1, -0.05) is 48.5 Å². The van der Waals surface area contributed by atoms with Gasteiger partial charge < -0.3 is 9.72 Å². The Bertz CT molecular complexity index is 1380. The van der Waals surface area contributed by atoms with Crippen molar-refractivity contribution in [2.75, 3.05) is 20.2 Å². The molecule has 0 spiro atoms. The van der Waals surface area contributed by atoms with E-state index in [0.717, 1.165) is 53.4 Å². The van der Waals surface area contributed by atoms with Gasteiger partial charge in [0.15, 0.2) is 0 Å². The van der Waals surface area contributed by atoms with E-state index in [-0.39, 0.29) is 5.92 Å². The largest absolute Gasteiger partial charge is 0.497 e. The molecule has 6 heteroatoms. The van der Waals surface area contributed by atoms with Crippen molar-refractivity contribution in [1.29, 1.82) is 0 Å². The molecule has 1 saturated heterocycles. The van der Waals surface area contributed by atoms with E-state index in [9.17, 15) is 0 Å². The topological polar surface area (TPSA) is 69.8 Å². The molecule has 0 bridgehead atoms. The first-order valence-electron chi connectivity index (χ1n) is 11.7. The Morgan fingerprint density at radius 1 is 0.941 bits per heavy atom. The lowest BCUT2D eigenvalue weighted by Crippen LogP contribution is -2.20. The van der Waals surface area contributed by atoms with Crippen molar-refractivity contribution in [3.63, 3.8) is 0 Å². The first kappa shape index (κ1) is 20.7. The molecule has 3 heterocycles. The Morgan fingerprint density at radius 2 is 1.76 bits per heavy atom. The van der Waals surface area contributed by atoms with Crippen LogP contribution in [0.3, 0.4) is 0 Å². The Kier molecular flexibility index (Phi) is 5.35. The number of imidazole rings is 1. The first-order chi connectivity index (χ1) is 16.8. The monoisotopic (exact) mass is 449 g/mol. The third kappa shape index (κ3) is 3.97. The number of nitrogens with zero attached hydrogens (tertiary/aromatic N) is 3. The Hall–Kier alpha value is -3.90. The molecule has 0 amide bonds. The van der Waals surface area contributed by atoms with Crippen LogP contribution in [0.25, 0.3) is 22.2 Å². The lowest BCUT2D eigenvalue weighted by Gasteiger charge is -2.17. The van der Waals surface area contributed by atoms with Crippen molar-refractivity contribution in [1.82, 2.24) is 25.1 Å². The molecule has 1 aliphatic heterocycles. The van der Waals surface area contributed by atoms with Gasteiger partial charge in [-0.25, -0.2) is 4.98 Å². The summed E-state index contributed by atoms with van der Waals surface area (Å²) < 4.78 is 5.39. The van der Waals surface area contributed by atoms with Crippen molar-refractivity contribution in [2.45, 2.75) is 18.4 Å². The van der Waals surface area contributed by atoms with Crippen LogP contribution in [0.1, 0.15) is 28.8 Å². The number of methoxy groups -OCH3 is 1. The van der Waals surface area contributed by atoms with Crippen molar-refractivity contribution >= 4 is 11.0 Å². The van der Waals surface area contributed by atoms with Crippen LogP contribution in [0.15, 0.2) is 85.2 Å². The van der Waals surface area contributed by atoms with Gasteiger partial charge in [-0.05, 0) is 41.0 Å². The lowest BCUT2D eigenvalue weighted by molar-refractivity contribution is 0.323. The van der Waals surface area contributed by atoms with E-state index >= 15 is 0 Å². The number of aromatic amines is 2. The summed E-state index contributed by atoms with van der Waals surface area (Å²) in [6.45, 7) is 2.89. The highest BCUT2D eigenvalue weighted by Gasteiger charge is 2.36. The zero-order chi connectivity index (χ0) is 22.9. The van der Waals surface area contributed by atoms with Gasteiger partial charge in [0.05, 0.1) is 24.3 Å². The van der Waals surface area contributed by atoms with Crippen molar-refractivity contribution in [3.8, 4) is 16.9 Å². The third-order valence-corrected chi connectivity index (χ3v) is 6.87. The standard InChI is InChI=1S/C28H27N5O/c1-34-23-10-7-20(8-11-23)24-17-33(16-19-5-3-2-4-6-19)18-25(24)28-31-26-12-9-21(13-27(26)32-28)22-14-29-30-15-22/h2-15,24-25H,16-18H2,1H3,(H,29,30)(H,31,32)/t24-,25?/m1/s1. The predicted octanol–water partition coefficient (Wildman–Crippen LogP) is 5.34. The summed E-state index contributed by atoms with van der Waals surface area (Å²) >= 11 is 0. The molecule has 0 aliphatic carbocycles. The van der Waals surface area contributed by atoms with E-state index in [4.69, 9.17) is 9.72 Å². The number of rotatable bonds is 6. The minimum atomic E-state index is 0.280. The third-order valence-electron chi connectivity index (χ3n) is 6.87. The van der Waals surface area contributed by atoms with E-state index in [1.54, 1.807) is 7.11 Å². The maximum absolute atomic E-state index is 5.39. The number of hydrogen-bond acceptors (Lipinski definition) is 4. The van der Waals surface area contributed by atoms with Crippen LogP contribution in [-0.4, -0.2) is 45.3 Å². The molecule has 170 valence electrons. The van der Waals surface area contributed by atoms with Crippen LogP contribution in [0.4, 0.5) is 0 Å². The molecule has 2 N–H and O–H groups in total. The van der Waals surface area contributed by atoms with E-state index in [2.05, 4.69) is 92.9 Å². The van der Waals surface area contributed by atoms with Gasteiger partial charge in [0.25, 0.3) is 0 Å². The zero-order valence-electron chi connectivity index (χ0n) is 19.1. The summed E-state index contributed by atoms with van der Waals surface area (Å²) in [6.07, 6.45) is 3.75. The highest BCUT2D eigenvalue weighted by molar-refractivity contribution is 5.81. The molecule has 0 saturated carbocycles. The molecule has 1 fully saturated rings. The number of benzene rings is 3. The molecule has 5 aromatic rings. The molecule has 0 radical (unpaired) electrons. The van der Waals surface area contributed by atoms with Crippen LogP contribution < -0.4 is 4.74 Å². The summed E-state index contributed by atoms with van der Waals surface area (Å²) in [5.74, 6) is 2.57. The van der Waals surface area contributed by atoms with Crippen LogP contribution in [0.5, 0.6) is 5.75 Å². The van der Waals surface area contributed by atoms with Gasteiger partial charge in [0.2, 0.25) is 0 Å². The molecular weight excluding hydrogens is 422 g/mol. The molecule has 1 aliphatic rings. The second-order valence-corrected chi connectivity index (χ2v) is 9.01. The van der Waals surface area contributed by atoms with Gasteiger partial charge in [-0.3, -0.25) is 10.00 Å². The number of ether oxygens (including phenoxy) is 1. The van der Waals surface area contributed by atoms with E-state index in [1.165, 1.54) is 11.1 Å². The highest BCUT2D eigenvalue weighted by Crippen LogP contribution is 2.40. The fourth-order valence-electron chi connectivity index (χ4n) is 5.11. The van der Waals surface area contributed by atoms with Crippen LogP contribution in [0, 0.1) is 0 Å². The van der Waals surface area contributed by atoms with Crippen LogP contribution in [0.2, 0.25) is 0 Å². The van der Waals surface area contributed by atoms with Crippen molar-refractivity contribution in [3.05, 3.63) is 102 Å². The van der Waals surface area contributed by atoms with Crippen molar-refractivity contribution < 1.29 is 4.74 Å². The van der Waals surface area contributed by atoms with E-state index in [0.29, 0.717) is 5.92 Å². The number of likely N-dealkylation sites (tertiary alicyclic amines) is 1. The van der Waals surface area contributed by atoms with Gasteiger partial charge in [0.1, 0.15) is 11.6 Å². The van der Waals surface area contributed by atoms with Gasteiger partial charge >= 0.3 is 0 Å². The second kappa shape index (κ2) is 8.80. The normalized spacial score (nSPS) is 18.5. The Labute approximate surface area is 198 Å². The molecule has 2 atom stereocenters. The fourth-order valence-corrected chi connectivity index (χ4v) is 5.11. The zero-order valence-corrected chi connectivity index (χ0v) is 19.1. The molecule has 34 heavy (non-hydrogen) atoms. The van der Waals surface area contributed by atoms with Crippen LogP contribution in [-0.2, 0) is 6.54 Å². The lowest BCUT2D eigenvalue weighted by atomic mass is 9.88. The number of nitrogens with one attached hydrogen (secondary N) is 2. The molecule has 1 unspecified atom stereocenters.